The maximum atomic E-state index is 6.08. The minimum atomic E-state index is 0.320. The second-order valence-electron chi connectivity index (χ2n) is 5.42. The Morgan fingerprint density at radius 1 is 1.37 bits per heavy atom. The largest absolute Gasteiger partial charge is 0.493 e. The fraction of sp³-hybridized carbons (Fsp3) is 0.625. The van der Waals surface area contributed by atoms with Crippen LogP contribution in [0.3, 0.4) is 0 Å². The summed E-state index contributed by atoms with van der Waals surface area (Å²) in [6.07, 6.45) is 5.40. The Morgan fingerprint density at radius 3 is 2.79 bits per heavy atom. The van der Waals surface area contributed by atoms with E-state index in [1.807, 2.05) is 0 Å². The van der Waals surface area contributed by atoms with Gasteiger partial charge in [-0.2, -0.15) is 0 Å². The minimum absolute atomic E-state index is 0.320. The summed E-state index contributed by atoms with van der Waals surface area (Å²) in [5.74, 6) is 1.79. The van der Waals surface area contributed by atoms with Crippen LogP contribution in [0.1, 0.15) is 51.1 Å². The molecule has 0 saturated heterocycles. The molecule has 0 aliphatic heterocycles. The number of halogens is 1. The summed E-state index contributed by atoms with van der Waals surface area (Å²) in [5.41, 5.74) is 1.24. The second kappa shape index (κ2) is 7.30. The summed E-state index contributed by atoms with van der Waals surface area (Å²) in [6, 6.07) is 6.63. The van der Waals surface area contributed by atoms with Gasteiger partial charge in [-0.15, -0.1) is 0 Å². The molecule has 0 heterocycles. The van der Waals surface area contributed by atoms with Crippen LogP contribution in [-0.4, -0.2) is 13.2 Å². The second-order valence-corrected chi connectivity index (χ2v) is 6.34. The van der Waals surface area contributed by atoms with Crippen molar-refractivity contribution in [2.75, 3.05) is 13.2 Å². The first-order chi connectivity index (χ1) is 9.20. The molecule has 3 heteroatoms. The quantitative estimate of drug-likeness (QED) is 0.819. The molecule has 19 heavy (non-hydrogen) atoms. The molecule has 2 rings (SSSR count). The maximum Gasteiger partial charge on any atom is 0.124 e. The van der Waals surface area contributed by atoms with Crippen molar-refractivity contribution in [2.24, 2.45) is 5.92 Å². The summed E-state index contributed by atoms with van der Waals surface area (Å²) in [6.45, 7) is 6.16. The smallest absolute Gasteiger partial charge is 0.124 e. The van der Waals surface area contributed by atoms with Gasteiger partial charge in [-0.3, -0.25) is 0 Å². The number of hydrogen-bond donors (Lipinski definition) is 1. The molecule has 1 N–H and O–H groups in total. The van der Waals surface area contributed by atoms with Crippen LogP contribution < -0.4 is 10.1 Å². The van der Waals surface area contributed by atoms with Gasteiger partial charge in [0.2, 0.25) is 0 Å². The van der Waals surface area contributed by atoms with Gasteiger partial charge in [-0.25, -0.2) is 0 Å². The molecular formula is C16H24BrNO. The number of benzene rings is 1. The third-order valence-electron chi connectivity index (χ3n) is 3.90. The number of ether oxygens (including phenoxy) is 1. The van der Waals surface area contributed by atoms with Gasteiger partial charge in [-0.1, -0.05) is 35.7 Å². The topological polar surface area (TPSA) is 21.3 Å². The molecular weight excluding hydrogens is 302 g/mol. The van der Waals surface area contributed by atoms with E-state index in [1.165, 1.54) is 31.2 Å². The molecule has 0 aromatic heterocycles. The molecule has 0 radical (unpaired) electrons. The van der Waals surface area contributed by atoms with Crippen LogP contribution in [0.15, 0.2) is 22.7 Å². The average Bonchev–Trinajstić information content (AvgIpc) is 2.90. The van der Waals surface area contributed by atoms with Crippen LogP contribution in [0.2, 0.25) is 0 Å². The van der Waals surface area contributed by atoms with Crippen LogP contribution >= 0.6 is 15.9 Å². The monoisotopic (exact) mass is 325 g/mol. The van der Waals surface area contributed by atoms with Crippen molar-refractivity contribution in [1.29, 1.82) is 0 Å². The van der Waals surface area contributed by atoms with E-state index in [4.69, 9.17) is 4.74 Å². The zero-order chi connectivity index (χ0) is 13.7. The first kappa shape index (κ1) is 14.9. The van der Waals surface area contributed by atoms with E-state index in [2.05, 4.69) is 53.3 Å². The molecule has 1 fully saturated rings. The summed E-state index contributed by atoms with van der Waals surface area (Å²) in [7, 11) is 0. The lowest BCUT2D eigenvalue weighted by atomic mass is 10.1. The number of nitrogens with one attached hydrogen (secondary N) is 1. The number of hydrogen-bond acceptors (Lipinski definition) is 2. The van der Waals surface area contributed by atoms with Gasteiger partial charge in [0, 0.05) is 16.1 Å². The molecule has 1 atom stereocenters. The molecule has 1 aliphatic carbocycles. The van der Waals surface area contributed by atoms with E-state index >= 15 is 0 Å². The third kappa shape index (κ3) is 4.22. The van der Waals surface area contributed by atoms with Gasteiger partial charge in [0.1, 0.15) is 5.75 Å². The van der Waals surface area contributed by atoms with Crippen molar-refractivity contribution >= 4 is 15.9 Å². The lowest BCUT2D eigenvalue weighted by molar-refractivity contribution is 0.248. The first-order valence-corrected chi connectivity index (χ1v) is 8.15. The lowest BCUT2D eigenvalue weighted by Gasteiger charge is -2.19. The van der Waals surface area contributed by atoms with Crippen molar-refractivity contribution in [3.63, 3.8) is 0 Å². The van der Waals surface area contributed by atoms with Crippen molar-refractivity contribution in [3.05, 3.63) is 28.2 Å². The predicted molar refractivity (Wildman–Crippen MR) is 83.7 cm³/mol. The molecule has 1 aliphatic rings. The third-order valence-corrected chi connectivity index (χ3v) is 4.39. The summed E-state index contributed by atoms with van der Waals surface area (Å²) in [4.78, 5) is 0. The first-order valence-electron chi connectivity index (χ1n) is 7.36. The molecule has 0 bridgehead atoms. The highest BCUT2D eigenvalue weighted by atomic mass is 79.9. The molecule has 1 aromatic carbocycles. The van der Waals surface area contributed by atoms with Crippen molar-refractivity contribution in [3.8, 4) is 5.75 Å². The Bertz CT molecular complexity index is 402. The van der Waals surface area contributed by atoms with Gasteiger partial charge in [0.05, 0.1) is 6.61 Å². The fourth-order valence-electron chi connectivity index (χ4n) is 2.79. The van der Waals surface area contributed by atoms with Crippen LogP contribution in [0.4, 0.5) is 0 Å². The van der Waals surface area contributed by atoms with Crippen molar-refractivity contribution < 1.29 is 4.74 Å². The van der Waals surface area contributed by atoms with Crippen LogP contribution in [0.25, 0.3) is 0 Å². The van der Waals surface area contributed by atoms with Gasteiger partial charge in [-0.05, 0) is 50.4 Å². The minimum Gasteiger partial charge on any atom is -0.493 e. The van der Waals surface area contributed by atoms with E-state index in [-0.39, 0.29) is 0 Å². The van der Waals surface area contributed by atoms with Gasteiger partial charge in [0.15, 0.2) is 0 Å². The Labute approximate surface area is 125 Å². The number of rotatable bonds is 6. The zero-order valence-corrected chi connectivity index (χ0v) is 13.5. The molecule has 1 saturated carbocycles. The highest BCUT2D eigenvalue weighted by molar-refractivity contribution is 9.10. The maximum absolute atomic E-state index is 6.08. The molecule has 1 aromatic rings. The average molecular weight is 326 g/mol. The van der Waals surface area contributed by atoms with Crippen LogP contribution in [0, 0.1) is 5.92 Å². The Morgan fingerprint density at radius 2 is 2.11 bits per heavy atom. The van der Waals surface area contributed by atoms with E-state index in [9.17, 15) is 0 Å². The molecule has 2 nitrogen and oxygen atoms in total. The highest BCUT2D eigenvalue weighted by Gasteiger charge is 2.17. The van der Waals surface area contributed by atoms with E-state index < -0.39 is 0 Å². The van der Waals surface area contributed by atoms with Gasteiger partial charge >= 0.3 is 0 Å². The van der Waals surface area contributed by atoms with E-state index in [1.54, 1.807) is 0 Å². The fourth-order valence-corrected chi connectivity index (χ4v) is 3.17. The predicted octanol–water partition coefficient (Wildman–Crippen LogP) is 4.69. The molecule has 0 amide bonds. The lowest BCUT2D eigenvalue weighted by Crippen LogP contribution is -2.19. The normalized spacial score (nSPS) is 17.6. The van der Waals surface area contributed by atoms with Crippen LogP contribution in [0.5, 0.6) is 5.75 Å². The highest BCUT2D eigenvalue weighted by Crippen LogP contribution is 2.31. The Balaban J connectivity index is 2.04. The molecule has 0 spiro atoms. The van der Waals surface area contributed by atoms with Gasteiger partial charge < -0.3 is 10.1 Å². The summed E-state index contributed by atoms with van der Waals surface area (Å²) >= 11 is 3.55. The van der Waals surface area contributed by atoms with E-state index in [0.717, 1.165) is 29.3 Å². The molecule has 106 valence electrons. The SMILES string of the molecule is CCNC(C)c1cc(Br)ccc1OCC1CCCC1. The van der Waals surface area contributed by atoms with E-state index in [0.29, 0.717) is 6.04 Å². The van der Waals surface area contributed by atoms with Crippen molar-refractivity contribution in [1.82, 2.24) is 5.32 Å². The van der Waals surface area contributed by atoms with Crippen LogP contribution in [-0.2, 0) is 0 Å². The summed E-state index contributed by atoms with van der Waals surface area (Å²) in [5, 5.41) is 3.46. The zero-order valence-electron chi connectivity index (χ0n) is 11.9. The molecule has 1 unspecified atom stereocenters. The Kier molecular flexibility index (Phi) is 5.71. The van der Waals surface area contributed by atoms with Gasteiger partial charge in [0.25, 0.3) is 0 Å². The Hall–Kier alpha value is -0.540. The standard InChI is InChI=1S/C16H24BrNO/c1-3-18-12(2)15-10-14(17)8-9-16(15)19-11-13-6-4-5-7-13/h8-10,12-13,18H,3-7,11H2,1-2H3. The van der Waals surface area contributed by atoms with Crippen molar-refractivity contribution in [2.45, 2.75) is 45.6 Å². The summed E-state index contributed by atoms with van der Waals surface area (Å²) < 4.78 is 7.19.